The highest BCUT2D eigenvalue weighted by atomic mass is 16.7. The molecule has 186 valence electrons. The molecule has 1 heterocycles. The van der Waals surface area contributed by atoms with Crippen LogP contribution in [-0.4, -0.2) is 75.6 Å². The first kappa shape index (κ1) is 28.8. The van der Waals surface area contributed by atoms with Crippen LogP contribution in [0.15, 0.2) is 0 Å². The van der Waals surface area contributed by atoms with E-state index in [1.54, 1.807) is 0 Å². The molecule has 0 spiro atoms. The van der Waals surface area contributed by atoms with E-state index >= 15 is 0 Å². The summed E-state index contributed by atoms with van der Waals surface area (Å²) in [5.41, 5.74) is 0. The maximum atomic E-state index is 10.1. The quantitative estimate of drug-likeness (QED) is 0.193. The number of ether oxygens (including phenoxy) is 2. The summed E-state index contributed by atoms with van der Waals surface area (Å²) in [5, 5.41) is 48.7. The van der Waals surface area contributed by atoms with Crippen molar-refractivity contribution >= 4 is 0 Å². The Morgan fingerprint density at radius 3 is 1.74 bits per heavy atom. The van der Waals surface area contributed by atoms with Crippen LogP contribution in [0.5, 0.6) is 0 Å². The van der Waals surface area contributed by atoms with E-state index < -0.39 is 43.4 Å². The van der Waals surface area contributed by atoms with Crippen molar-refractivity contribution in [3.05, 3.63) is 0 Å². The summed E-state index contributed by atoms with van der Waals surface area (Å²) in [6, 6.07) is 0. The first-order valence-electron chi connectivity index (χ1n) is 12.6. The Morgan fingerprint density at radius 1 is 0.710 bits per heavy atom. The third-order valence-corrected chi connectivity index (χ3v) is 6.22. The molecular formula is C24H48O7. The van der Waals surface area contributed by atoms with E-state index in [-0.39, 0.29) is 6.61 Å². The molecule has 1 saturated heterocycles. The van der Waals surface area contributed by atoms with Crippen LogP contribution in [0.3, 0.4) is 0 Å². The molecular weight excluding hydrogens is 400 g/mol. The fraction of sp³-hybridized carbons (Fsp3) is 1.00. The van der Waals surface area contributed by atoms with Crippen LogP contribution in [0, 0.1) is 0 Å². The summed E-state index contributed by atoms with van der Waals surface area (Å²) in [6.45, 7) is 1.94. The average Bonchev–Trinajstić information content (AvgIpc) is 2.77. The average molecular weight is 449 g/mol. The van der Waals surface area contributed by atoms with Gasteiger partial charge in [-0.05, 0) is 12.8 Å². The predicted octanol–water partition coefficient (Wildman–Crippen LogP) is 3.04. The molecule has 0 aromatic heterocycles. The monoisotopic (exact) mass is 448 g/mol. The van der Waals surface area contributed by atoms with E-state index in [1.165, 1.54) is 70.6 Å². The summed E-state index contributed by atoms with van der Waals surface area (Å²) in [4.78, 5) is 0. The van der Waals surface area contributed by atoms with Crippen molar-refractivity contribution in [3.8, 4) is 0 Å². The van der Waals surface area contributed by atoms with E-state index in [1.807, 2.05) is 0 Å². The van der Waals surface area contributed by atoms with Gasteiger partial charge in [0.2, 0.25) is 0 Å². The zero-order valence-corrected chi connectivity index (χ0v) is 19.5. The van der Waals surface area contributed by atoms with Crippen LogP contribution in [0.2, 0.25) is 0 Å². The molecule has 0 radical (unpaired) electrons. The maximum Gasteiger partial charge on any atom is 0.186 e. The van der Waals surface area contributed by atoms with Crippen LogP contribution < -0.4 is 0 Å². The molecule has 0 saturated carbocycles. The van der Waals surface area contributed by atoms with Gasteiger partial charge in [0.15, 0.2) is 6.29 Å². The fourth-order valence-electron chi connectivity index (χ4n) is 4.07. The van der Waals surface area contributed by atoms with Gasteiger partial charge in [-0.1, -0.05) is 90.4 Å². The van der Waals surface area contributed by atoms with E-state index in [9.17, 15) is 25.5 Å². The first-order valence-corrected chi connectivity index (χ1v) is 12.6. The van der Waals surface area contributed by atoms with Crippen molar-refractivity contribution in [1.29, 1.82) is 0 Å². The molecule has 31 heavy (non-hydrogen) atoms. The third-order valence-electron chi connectivity index (χ3n) is 6.22. The van der Waals surface area contributed by atoms with Crippen LogP contribution in [0.1, 0.15) is 103 Å². The topological polar surface area (TPSA) is 120 Å². The molecule has 1 rings (SSSR count). The van der Waals surface area contributed by atoms with Gasteiger partial charge in [0, 0.05) is 0 Å². The van der Waals surface area contributed by atoms with E-state index in [0.29, 0.717) is 6.42 Å². The Kier molecular flexibility index (Phi) is 16.9. The Balaban J connectivity index is 1.94. The number of rotatable bonds is 19. The second-order valence-electron chi connectivity index (χ2n) is 9.04. The Morgan fingerprint density at radius 2 is 1.23 bits per heavy atom. The van der Waals surface area contributed by atoms with Crippen molar-refractivity contribution in [2.45, 2.75) is 140 Å². The van der Waals surface area contributed by atoms with Crippen LogP contribution >= 0.6 is 0 Å². The number of aliphatic hydroxyl groups is 5. The summed E-state index contributed by atoms with van der Waals surface area (Å²) in [6.07, 6.45) is 11.2. The lowest BCUT2D eigenvalue weighted by molar-refractivity contribution is -0.301. The minimum Gasteiger partial charge on any atom is -0.394 e. The number of unbranched alkanes of at least 4 members (excludes halogenated alkanes) is 12. The molecule has 1 fully saturated rings. The molecule has 0 amide bonds. The third kappa shape index (κ3) is 12.5. The Bertz CT molecular complexity index is 407. The molecule has 0 aromatic carbocycles. The molecule has 5 unspecified atom stereocenters. The van der Waals surface area contributed by atoms with Crippen molar-refractivity contribution in [2.75, 3.05) is 13.2 Å². The van der Waals surface area contributed by atoms with Crippen molar-refractivity contribution in [2.24, 2.45) is 0 Å². The molecule has 7 nitrogen and oxygen atoms in total. The molecule has 7 heteroatoms. The molecule has 0 bridgehead atoms. The van der Waals surface area contributed by atoms with Crippen LogP contribution in [-0.2, 0) is 9.47 Å². The van der Waals surface area contributed by atoms with Crippen molar-refractivity contribution in [1.82, 2.24) is 0 Å². The summed E-state index contributed by atoms with van der Waals surface area (Å²) in [7, 11) is 0. The summed E-state index contributed by atoms with van der Waals surface area (Å²) in [5.74, 6) is 0. The lowest BCUT2D eigenvalue weighted by Gasteiger charge is -2.39. The van der Waals surface area contributed by atoms with Gasteiger partial charge in [0.25, 0.3) is 0 Å². The predicted molar refractivity (Wildman–Crippen MR) is 121 cm³/mol. The van der Waals surface area contributed by atoms with Gasteiger partial charge in [0.05, 0.1) is 19.3 Å². The largest absolute Gasteiger partial charge is 0.394 e. The van der Waals surface area contributed by atoms with Gasteiger partial charge in [-0.3, -0.25) is 0 Å². The first-order chi connectivity index (χ1) is 15.0. The molecule has 5 N–H and O–H groups in total. The SMILES string of the molecule is CCCCCCCCCCCCCCC[C@@H](O)CCOC1OC(CO)C(O)C(O)C1O. The molecule has 1 aliphatic heterocycles. The van der Waals surface area contributed by atoms with Crippen molar-refractivity contribution in [3.63, 3.8) is 0 Å². The van der Waals surface area contributed by atoms with E-state index in [4.69, 9.17) is 9.47 Å². The van der Waals surface area contributed by atoms with E-state index in [2.05, 4.69) is 6.92 Å². The van der Waals surface area contributed by atoms with Gasteiger partial charge in [-0.2, -0.15) is 0 Å². The number of hydrogen-bond donors (Lipinski definition) is 5. The Hall–Kier alpha value is -0.280. The molecule has 6 atom stereocenters. The molecule has 1 aliphatic rings. The zero-order valence-electron chi connectivity index (χ0n) is 19.5. The van der Waals surface area contributed by atoms with Gasteiger partial charge >= 0.3 is 0 Å². The van der Waals surface area contributed by atoms with Crippen LogP contribution in [0.4, 0.5) is 0 Å². The number of hydrogen-bond acceptors (Lipinski definition) is 7. The lowest BCUT2D eigenvalue weighted by atomic mass is 9.99. The minimum absolute atomic E-state index is 0.169. The van der Waals surface area contributed by atoms with E-state index in [0.717, 1.165) is 19.3 Å². The van der Waals surface area contributed by atoms with Crippen LogP contribution in [0.25, 0.3) is 0 Å². The summed E-state index contributed by atoms with van der Waals surface area (Å²) < 4.78 is 10.7. The smallest absolute Gasteiger partial charge is 0.186 e. The van der Waals surface area contributed by atoms with Gasteiger partial charge in [0.1, 0.15) is 24.4 Å². The van der Waals surface area contributed by atoms with Gasteiger partial charge in [-0.25, -0.2) is 0 Å². The zero-order chi connectivity index (χ0) is 22.9. The second kappa shape index (κ2) is 18.2. The lowest BCUT2D eigenvalue weighted by Crippen LogP contribution is -2.59. The highest BCUT2D eigenvalue weighted by molar-refractivity contribution is 4.88. The minimum atomic E-state index is -1.44. The fourth-order valence-corrected chi connectivity index (χ4v) is 4.07. The molecule has 0 aliphatic carbocycles. The molecule has 0 aromatic rings. The standard InChI is InChI=1S/C24H48O7/c1-2-3-4-5-6-7-8-9-10-11-12-13-14-15-19(26)16-17-30-24-23(29)22(28)21(27)20(18-25)31-24/h19-29H,2-18H2,1H3/t19-,20?,21?,22?,23?,24?/m1/s1. The highest BCUT2D eigenvalue weighted by Crippen LogP contribution is 2.22. The van der Waals surface area contributed by atoms with Crippen molar-refractivity contribution < 1.29 is 35.0 Å². The van der Waals surface area contributed by atoms with Gasteiger partial charge in [-0.15, -0.1) is 0 Å². The van der Waals surface area contributed by atoms with Gasteiger partial charge < -0.3 is 35.0 Å². The summed E-state index contributed by atoms with van der Waals surface area (Å²) >= 11 is 0. The normalized spacial score (nSPS) is 27.5. The number of aliphatic hydroxyl groups excluding tert-OH is 5. The maximum absolute atomic E-state index is 10.1. The highest BCUT2D eigenvalue weighted by Gasteiger charge is 2.43. The Labute approximate surface area is 188 Å². The second-order valence-corrected chi connectivity index (χ2v) is 9.04.